The third-order valence-corrected chi connectivity index (χ3v) is 5.53. The fraction of sp³-hybridized carbons (Fsp3) is 0.435. The van der Waals surface area contributed by atoms with E-state index in [1.54, 1.807) is 7.11 Å². The van der Waals surface area contributed by atoms with Crippen molar-refractivity contribution in [2.45, 2.75) is 32.7 Å². The molecule has 0 radical (unpaired) electrons. The van der Waals surface area contributed by atoms with Gasteiger partial charge in [-0.2, -0.15) is 0 Å². The molecule has 0 aromatic heterocycles. The van der Waals surface area contributed by atoms with Crippen LogP contribution in [0.25, 0.3) is 0 Å². The molecule has 5 nitrogen and oxygen atoms in total. The van der Waals surface area contributed by atoms with Crippen LogP contribution >= 0.6 is 0 Å². The topological polar surface area (TPSA) is 59.0 Å². The highest BCUT2D eigenvalue weighted by Gasteiger charge is 2.31. The van der Waals surface area contributed by atoms with Gasteiger partial charge in [0.2, 0.25) is 0 Å². The third-order valence-electron chi connectivity index (χ3n) is 5.53. The van der Waals surface area contributed by atoms with Gasteiger partial charge in [-0.15, -0.1) is 0 Å². The number of nitrogens with zero attached hydrogens (tertiary/aromatic N) is 1. The van der Waals surface area contributed by atoms with Crippen LogP contribution in [0.2, 0.25) is 0 Å². The Balaban J connectivity index is 1.98. The van der Waals surface area contributed by atoms with E-state index in [1.165, 1.54) is 11.1 Å². The average Bonchev–Trinajstić information content (AvgIpc) is 2.71. The molecule has 2 aromatic rings. The molecule has 0 spiro atoms. The minimum atomic E-state index is -0.685. The Morgan fingerprint density at radius 2 is 1.89 bits per heavy atom. The minimum Gasteiger partial charge on any atom is -0.493 e. The summed E-state index contributed by atoms with van der Waals surface area (Å²) in [4.78, 5) is 13.7. The van der Waals surface area contributed by atoms with Crippen LogP contribution in [0.5, 0.6) is 11.5 Å². The van der Waals surface area contributed by atoms with Crippen molar-refractivity contribution in [2.75, 3.05) is 26.8 Å². The van der Waals surface area contributed by atoms with Crippen molar-refractivity contribution in [3.05, 3.63) is 59.2 Å². The van der Waals surface area contributed by atoms with E-state index in [9.17, 15) is 9.90 Å². The normalized spacial score (nSPS) is 16.5. The molecule has 150 valence electrons. The van der Waals surface area contributed by atoms with Gasteiger partial charge in [-0.3, -0.25) is 9.69 Å². The molecule has 1 fully saturated rings. The molecular weight excluding hydrogens is 354 g/mol. The van der Waals surface area contributed by atoms with Gasteiger partial charge in [0.05, 0.1) is 25.7 Å². The maximum absolute atomic E-state index is 11.4. The van der Waals surface area contributed by atoms with Gasteiger partial charge in [0, 0.05) is 0 Å². The predicted octanol–water partition coefficient (Wildman–Crippen LogP) is 4.29. The number of likely N-dealkylation sites (tertiary alicyclic amines) is 1. The zero-order chi connectivity index (χ0) is 20.1. The van der Waals surface area contributed by atoms with Crippen LogP contribution in [-0.2, 0) is 4.79 Å². The van der Waals surface area contributed by atoms with Gasteiger partial charge in [0.15, 0.2) is 11.5 Å². The van der Waals surface area contributed by atoms with Crippen molar-refractivity contribution in [2.24, 2.45) is 5.92 Å². The van der Waals surface area contributed by atoms with E-state index in [1.807, 2.05) is 25.1 Å². The molecule has 3 rings (SSSR count). The summed E-state index contributed by atoms with van der Waals surface area (Å²) < 4.78 is 11.2. The summed E-state index contributed by atoms with van der Waals surface area (Å²) in [6.45, 7) is 6.17. The molecule has 1 heterocycles. The highest BCUT2D eigenvalue weighted by molar-refractivity contribution is 5.70. The summed E-state index contributed by atoms with van der Waals surface area (Å²) in [5, 5.41) is 9.34. The molecule has 1 aliphatic rings. The smallest absolute Gasteiger partial charge is 0.306 e. The zero-order valence-corrected chi connectivity index (χ0v) is 16.9. The number of benzene rings is 2. The van der Waals surface area contributed by atoms with Gasteiger partial charge in [-0.1, -0.05) is 30.3 Å². The van der Waals surface area contributed by atoms with Gasteiger partial charge in [-0.25, -0.2) is 0 Å². The van der Waals surface area contributed by atoms with Crippen molar-refractivity contribution >= 4 is 5.97 Å². The summed E-state index contributed by atoms with van der Waals surface area (Å²) in [5.41, 5.74) is 3.59. The van der Waals surface area contributed by atoms with Gasteiger partial charge in [-0.05, 0) is 68.6 Å². The molecule has 1 aliphatic heterocycles. The summed E-state index contributed by atoms with van der Waals surface area (Å²) in [7, 11) is 1.66. The molecule has 1 atom stereocenters. The fourth-order valence-electron chi connectivity index (χ4n) is 4.01. The van der Waals surface area contributed by atoms with E-state index in [0.29, 0.717) is 19.4 Å². The number of methoxy groups -OCH3 is 1. The maximum Gasteiger partial charge on any atom is 0.306 e. The Kier molecular flexibility index (Phi) is 6.57. The summed E-state index contributed by atoms with van der Waals surface area (Å²) in [5.74, 6) is 0.527. The van der Waals surface area contributed by atoms with E-state index in [-0.39, 0.29) is 12.0 Å². The molecule has 5 heteroatoms. The first-order valence-corrected chi connectivity index (χ1v) is 9.88. The van der Waals surface area contributed by atoms with Gasteiger partial charge in [0.25, 0.3) is 0 Å². The lowest BCUT2D eigenvalue weighted by molar-refractivity contribution is -0.143. The van der Waals surface area contributed by atoms with Crippen LogP contribution in [0, 0.1) is 12.8 Å². The first-order chi connectivity index (χ1) is 13.5. The molecule has 0 aliphatic carbocycles. The highest BCUT2D eigenvalue weighted by atomic mass is 16.5. The van der Waals surface area contributed by atoms with Crippen molar-refractivity contribution in [3.8, 4) is 11.5 Å². The number of carboxylic acids is 1. The second-order valence-corrected chi connectivity index (χ2v) is 7.25. The van der Waals surface area contributed by atoms with Crippen LogP contribution in [0.4, 0.5) is 0 Å². The van der Waals surface area contributed by atoms with E-state index >= 15 is 0 Å². The van der Waals surface area contributed by atoms with E-state index in [0.717, 1.165) is 30.2 Å². The average molecular weight is 383 g/mol. The number of ether oxygens (including phenoxy) is 2. The number of carbonyl (C=O) groups is 1. The molecule has 1 unspecified atom stereocenters. The number of rotatable bonds is 7. The largest absolute Gasteiger partial charge is 0.493 e. The number of hydrogen-bond acceptors (Lipinski definition) is 4. The Morgan fingerprint density at radius 3 is 2.50 bits per heavy atom. The highest BCUT2D eigenvalue weighted by Crippen LogP contribution is 2.38. The van der Waals surface area contributed by atoms with Crippen LogP contribution in [0.15, 0.2) is 42.5 Å². The number of aliphatic carboxylic acids is 1. The van der Waals surface area contributed by atoms with Crippen LogP contribution in [0.1, 0.15) is 42.5 Å². The van der Waals surface area contributed by atoms with Crippen LogP contribution in [-0.4, -0.2) is 42.8 Å². The Hall–Kier alpha value is -2.53. The summed E-state index contributed by atoms with van der Waals surface area (Å²) >= 11 is 0. The monoisotopic (exact) mass is 383 g/mol. The van der Waals surface area contributed by atoms with Crippen molar-refractivity contribution in [3.63, 3.8) is 0 Å². The number of hydrogen-bond donors (Lipinski definition) is 1. The lowest BCUT2D eigenvalue weighted by atomic mass is 9.89. The van der Waals surface area contributed by atoms with Crippen molar-refractivity contribution in [1.29, 1.82) is 0 Å². The van der Waals surface area contributed by atoms with Gasteiger partial charge < -0.3 is 14.6 Å². The maximum atomic E-state index is 11.4. The molecular formula is C23H29NO4. The summed E-state index contributed by atoms with van der Waals surface area (Å²) in [6.07, 6.45) is 1.34. The number of carboxylic acid groups (broad SMARTS) is 1. The fourth-order valence-corrected chi connectivity index (χ4v) is 4.01. The van der Waals surface area contributed by atoms with Gasteiger partial charge >= 0.3 is 5.97 Å². The lowest BCUT2D eigenvalue weighted by Gasteiger charge is -2.38. The van der Waals surface area contributed by atoms with Crippen LogP contribution in [0.3, 0.4) is 0 Å². The van der Waals surface area contributed by atoms with Crippen molar-refractivity contribution in [1.82, 2.24) is 4.90 Å². The number of piperidine rings is 1. The second kappa shape index (κ2) is 9.11. The van der Waals surface area contributed by atoms with Crippen molar-refractivity contribution < 1.29 is 19.4 Å². The molecule has 0 bridgehead atoms. The Morgan fingerprint density at radius 1 is 1.18 bits per heavy atom. The van der Waals surface area contributed by atoms with E-state index < -0.39 is 5.97 Å². The molecule has 2 aromatic carbocycles. The lowest BCUT2D eigenvalue weighted by Crippen LogP contribution is -2.39. The third kappa shape index (κ3) is 4.30. The van der Waals surface area contributed by atoms with E-state index in [2.05, 4.69) is 36.1 Å². The Labute approximate surface area is 166 Å². The van der Waals surface area contributed by atoms with Crippen LogP contribution < -0.4 is 9.47 Å². The molecule has 0 saturated carbocycles. The quantitative estimate of drug-likeness (QED) is 0.773. The Bertz CT molecular complexity index is 812. The van der Waals surface area contributed by atoms with Gasteiger partial charge in [0.1, 0.15) is 0 Å². The first-order valence-electron chi connectivity index (χ1n) is 9.88. The molecule has 1 saturated heterocycles. The second-order valence-electron chi connectivity index (χ2n) is 7.25. The molecule has 0 amide bonds. The standard InChI is InChI=1S/C23H29NO4/c1-4-28-20-10-9-18(15-21(20)27-3)22(19-8-6-5-7-16(19)2)24-13-11-17(12-14-24)23(25)26/h5-10,15,17,22H,4,11-14H2,1-3H3,(H,25,26). The number of aryl methyl sites for hydroxylation is 1. The molecule has 28 heavy (non-hydrogen) atoms. The summed E-state index contributed by atoms with van der Waals surface area (Å²) in [6, 6.07) is 14.5. The SMILES string of the molecule is CCOc1ccc(C(c2ccccc2C)N2CCC(C(=O)O)CC2)cc1OC. The zero-order valence-electron chi connectivity index (χ0n) is 16.9. The molecule has 1 N–H and O–H groups in total. The first kappa shape index (κ1) is 20.2. The van der Waals surface area contributed by atoms with E-state index in [4.69, 9.17) is 9.47 Å². The minimum absolute atomic E-state index is 0.0560. The predicted molar refractivity (Wildman–Crippen MR) is 109 cm³/mol.